The van der Waals surface area contributed by atoms with E-state index < -0.39 is 0 Å². The zero-order valence-electron chi connectivity index (χ0n) is 10.2. The molecule has 0 spiro atoms. The van der Waals surface area contributed by atoms with Crippen LogP contribution in [0.3, 0.4) is 0 Å². The summed E-state index contributed by atoms with van der Waals surface area (Å²) in [6.07, 6.45) is 2.26. The molecule has 3 heteroatoms. The van der Waals surface area contributed by atoms with Crippen LogP contribution in [0.25, 0.3) is 0 Å². The highest BCUT2D eigenvalue weighted by molar-refractivity contribution is 5.24. The van der Waals surface area contributed by atoms with Crippen LogP contribution >= 0.6 is 0 Å². The smallest absolute Gasteiger partial charge is 0.0624 e. The predicted molar refractivity (Wildman–Crippen MR) is 67.3 cm³/mol. The van der Waals surface area contributed by atoms with Crippen molar-refractivity contribution in [3.63, 3.8) is 0 Å². The van der Waals surface area contributed by atoms with Crippen molar-refractivity contribution in [2.24, 2.45) is 5.73 Å². The fourth-order valence-electron chi connectivity index (χ4n) is 1.64. The van der Waals surface area contributed by atoms with E-state index in [-0.39, 0.29) is 12.6 Å². The summed E-state index contributed by atoms with van der Waals surface area (Å²) in [5.41, 5.74) is 8.06. The van der Waals surface area contributed by atoms with Crippen molar-refractivity contribution < 1.29 is 5.11 Å². The Kier molecular flexibility index (Phi) is 5.46. The molecule has 1 unspecified atom stereocenters. The molecule has 1 aromatic carbocycles. The molecule has 0 aliphatic rings. The minimum Gasteiger partial charge on any atom is -0.394 e. The van der Waals surface area contributed by atoms with Crippen LogP contribution in [-0.2, 0) is 6.42 Å². The molecule has 0 heterocycles. The van der Waals surface area contributed by atoms with E-state index >= 15 is 0 Å². The number of benzene rings is 1. The van der Waals surface area contributed by atoms with E-state index in [4.69, 9.17) is 10.8 Å². The Morgan fingerprint density at radius 1 is 1.25 bits per heavy atom. The molecule has 0 aliphatic carbocycles. The van der Waals surface area contributed by atoms with Gasteiger partial charge in [0.2, 0.25) is 0 Å². The van der Waals surface area contributed by atoms with Crippen molar-refractivity contribution >= 4 is 0 Å². The Hall–Kier alpha value is -0.900. The highest BCUT2D eigenvalue weighted by Gasteiger charge is 2.03. The fourth-order valence-corrected chi connectivity index (χ4v) is 1.64. The second kappa shape index (κ2) is 6.63. The van der Waals surface area contributed by atoms with Gasteiger partial charge in [0, 0.05) is 0 Å². The van der Waals surface area contributed by atoms with Crippen molar-refractivity contribution in [2.45, 2.75) is 18.9 Å². The molecule has 90 valence electrons. The Morgan fingerprint density at radius 2 is 1.88 bits per heavy atom. The van der Waals surface area contributed by atoms with Gasteiger partial charge in [-0.1, -0.05) is 24.3 Å². The first-order valence-electron chi connectivity index (χ1n) is 5.73. The van der Waals surface area contributed by atoms with E-state index in [1.807, 2.05) is 12.1 Å². The van der Waals surface area contributed by atoms with Gasteiger partial charge in [0.1, 0.15) is 0 Å². The van der Waals surface area contributed by atoms with Gasteiger partial charge < -0.3 is 15.7 Å². The van der Waals surface area contributed by atoms with E-state index in [9.17, 15) is 0 Å². The van der Waals surface area contributed by atoms with Gasteiger partial charge >= 0.3 is 0 Å². The van der Waals surface area contributed by atoms with Crippen molar-refractivity contribution in [2.75, 3.05) is 27.2 Å². The van der Waals surface area contributed by atoms with Gasteiger partial charge in [0.25, 0.3) is 0 Å². The number of aliphatic hydroxyl groups is 1. The number of nitrogens with two attached hydrogens (primary N) is 1. The zero-order valence-corrected chi connectivity index (χ0v) is 10.2. The molecule has 1 aromatic rings. The molecular weight excluding hydrogens is 200 g/mol. The van der Waals surface area contributed by atoms with Crippen LogP contribution in [-0.4, -0.2) is 37.3 Å². The van der Waals surface area contributed by atoms with Crippen LogP contribution in [0, 0.1) is 0 Å². The molecule has 3 nitrogen and oxygen atoms in total. The normalized spacial score (nSPS) is 13.1. The third-order valence-corrected chi connectivity index (χ3v) is 2.68. The third-order valence-electron chi connectivity index (χ3n) is 2.68. The summed E-state index contributed by atoms with van der Waals surface area (Å²) in [5, 5.41) is 8.93. The molecule has 0 radical (unpaired) electrons. The topological polar surface area (TPSA) is 49.5 Å². The van der Waals surface area contributed by atoms with Crippen LogP contribution < -0.4 is 5.73 Å². The molecule has 0 fully saturated rings. The molecule has 0 aliphatic heterocycles. The molecular formula is C13H22N2O. The average Bonchev–Trinajstić information content (AvgIpc) is 2.28. The maximum Gasteiger partial charge on any atom is 0.0624 e. The van der Waals surface area contributed by atoms with Crippen LogP contribution in [0.1, 0.15) is 23.6 Å². The minimum absolute atomic E-state index is 0.0000237. The summed E-state index contributed by atoms with van der Waals surface area (Å²) < 4.78 is 0. The van der Waals surface area contributed by atoms with Crippen molar-refractivity contribution in [3.8, 4) is 0 Å². The molecule has 0 saturated carbocycles. The Labute approximate surface area is 97.9 Å². The van der Waals surface area contributed by atoms with Gasteiger partial charge in [-0.25, -0.2) is 0 Å². The molecule has 16 heavy (non-hydrogen) atoms. The Bertz CT molecular complexity index is 295. The molecule has 0 aromatic heterocycles. The molecule has 3 N–H and O–H groups in total. The van der Waals surface area contributed by atoms with Gasteiger partial charge in [-0.2, -0.15) is 0 Å². The summed E-state index contributed by atoms with van der Waals surface area (Å²) in [6, 6.07) is 7.95. The summed E-state index contributed by atoms with van der Waals surface area (Å²) >= 11 is 0. The van der Waals surface area contributed by atoms with E-state index in [1.54, 1.807) is 0 Å². The Morgan fingerprint density at radius 3 is 2.38 bits per heavy atom. The van der Waals surface area contributed by atoms with Crippen molar-refractivity contribution in [1.82, 2.24) is 4.90 Å². The van der Waals surface area contributed by atoms with Gasteiger partial charge in [-0.15, -0.1) is 0 Å². The van der Waals surface area contributed by atoms with Gasteiger partial charge in [-0.3, -0.25) is 0 Å². The van der Waals surface area contributed by atoms with Gasteiger partial charge in [-0.05, 0) is 44.6 Å². The van der Waals surface area contributed by atoms with Gasteiger partial charge in [0.15, 0.2) is 0 Å². The standard InChI is InChI=1S/C13H22N2O/c1-15(2)9-3-4-11-5-7-12(8-6-11)13(14)10-16/h5-8,13,16H,3-4,9-10,14H2,1-2H3. The third kappa shape index (κ3) is 4.31. The average molecular weight is 222 g/mol. The van der Waals surface area contributed by atoms with Crippen LogP contribution in [0.5, 0.6) is 0 Å². The number of aliphatic hydroxyl groups excluding tert-OH is 1. The second-order valence-corrected chi connectivity index (χ2v) is 4.44. The first-order chi connectivity index (χ1) is 7.63. The number of rotatable bonds is 6. The lowest BCUT2D eigenvalue weighted by Gasteiger charge is -2.11. The molecule has 1 rings (SSSR count). The minimum atomic E-state index is -0.254. The maximum absolute atomic E-state index is 8.93. The zero-order chi connectivity index (χ0) is 12.0. The quantitative estimate of drug-likeness (QED) is 0.759. The maximum atomic E-state index is 8.93. The summed E-state index contributed by atoms with van der Waals surface area (Å²) in [7, 11) is 4.17. The van der Waals surface area contributed by atoms with E-state index in [2.05, 4.69) is 31.1 Å². The number of hydrogen-bond donors (Lipinski definition) is 2. The summed E-state index contributed by atoms with van der Waals surface area (Å²) in [5.74, 6) is 0. The highest BCUT2D eigenvalue weighted by Crippen LogP contribution is 2.12. The van der Waals surface area contributed by atoms with Crippen molar-refractivity contribution in [1.29, 1.82) is 0 Å². The van der Waals surface area contributed by atoms with E-state index in [1.165, 1.54) is 12.0 Å². The Balaban J connectivity index is 2.45. The largest absolute Gasteiger partial charge is 0.394 e. The van der Waals surface area contributed by atoms with Gasteiger partial charge in [0.05, 0.1) is 12.6 Å². The van der Waals surface area contributed by atoms with Crippen LogP contribution in [0.15, 0.2) is 24.3 Å². The SMILES string of the molecule is CN(C)CCCc1ccc(C(N)CO)cc1. The van der Waals surface area contributed by atoms with E-state index in [0.29, 0.717) is 0 Å². The number of hydrogen-bond acceptors (Lipinski definition) is 3. The molecule has 0 saturated heterocycles. The molecule has 1 atom stereocenters. The first-order valence-corrected chi connectivity index (χ1v) is 5.73. The van der Waals surface area contributed by atoms with Crippen LogP contribution in [0.2, 0.25) is 0 Å². The summed E-state index contributed by atoms with van der Waals surface area (Å²) in [4.78, 5) is 2.19. The monoisotopic (exact) mass is 222 g/mol. The number of aryl methyl sites for hydroxylation is 1. The number of nitrogens with zero attached hydrogens (tertiary/aromatic N) is 1. The van der Waals surface area contributed by atoms with E-state index in [0.717, 1.165) is 18.5 Å². The second-order valence-electron chi connectivity index (χ2n) is 4.44. The van der Waals surface area contributed by atoms with Crippen molar-refractivity contribution in [3.05, 3.63) is 35.4 Å². The summed E-state index contributed by atoms with van der Waals surface area (Å²) in [6.45, 7) is 1.11. The lowest BCUT2D eigenvalue weighted by atomic mass is 10.0. The van der Waals surface area contributed by atoms with Crippen LogP contribution in [0.4, 0.5) is 0 Å². The molecule has 0 bridgehead atoms. The fraction of sp³-hybridized carbons (Fsp3) is 0.538. The first kappa shape index (κ1) is 13.2. The lowest BCUT2D eigenvalue weighted by molar-refractivity contribution is 0.268. The lowest BCUT2D eigenvalue weighted by Crippen LogP contribution is -2.14. The highest BCUT2D eigenvalue weighted by atomic mass is 16.3. The molecule has 0 amide bonds. The predicted octanol–water partition coefficient (Wildman–Crippen LogP) is 1.17.